The van der Waals surface area contributed by atoms with Crippen molar-refractivity contribution in [3.8, 4) is 0 Å². The number of carbonyl (C=O) groups excluding carboxylic acids is 1. The van der Waals surface area contributed by atoms with Crippen molar-refractivity contribution in [2.24, 2.45) is 10.9 Å². The maximum atomic E-state index is 12.0. The number of benzene rings is 1. The van der Waals surface area contributed by atoms with Gasteiger partial charge in [0.15, 0.2) is 5.96 Å². The highest BCUT2D eigenvalue weighted by molar-refractivity contribution is 5.79. The van der Waals surface area contributed by atoms with Crippen molar-refractivity contribution in [1.29, 1.82) is 0 Å². The third-order valence-corrected chi connectivity index (χ3v) is 5.96. The molecule has 1 amide bonds. The topological polar surface area (TPSA) is 56.7 Å². The van der Waals surface area contributed by atoms with E-state index in [9.17, 15) is 4.79 Å². The van der Waals surface area contributed by atoms with Gasteiger partial charge in [-0.2, -0.15) is 0 Å². The fourth-order valence-corrected chi connectivity index (χ4v) is 4.35. The van der Waals surface area contributed by atoms with E-state index in [1.807, 2.05) is 4.90 Å². The first kappa shape index (κ1) is 20.7. The summed E-state index contributed by atoms with van der Waals surface area (Å²) in [6.45, 7) is 6.15. The molecule has 1 aromatic carbocycles. The summed E-state index contributed by atoms with van der Waals surface area (Å²) in [5, 5.41) is 6.84. The van der Waals surface area contributed by atoms with Gasteiger partial charge in [0.2, 0.25) is 5.91 Å². The molecule has 0 radical (unpaired) electrons. The Labute approximate surface area is 170 Å². The minimum Gasteiger partial charge on any atom is -0.357 e. The lowest BCUT2D eigenvalue weighted by Crippen LogP contribution is -2.37. The average Bonchev–Trinajstić information content (AvgIpc) is 3.36. The second kappa shape index (κ2) is 11.1. The van der Waals surface area contributed by atoms with Crippen LogP contribution >= 0.6 is 0 Å². The number of amides is 1. The number of hydrogen-bond donors (Lipinski definition) is 2. The van der Waals surface area contributed by atoms with Crippen molar-refractivity contribution in [2.45, 2.75) is 71.4 Å². The van der Waals surface area contributed by atoms with Gasteiger partial charge in [0.05, 0.1) is 6.54 Å². The fraction of sp³-hybridized carbons (Fsp3) is 0.652. The fourth-order valence-electron chi connectivity index (χ4n) is 4.35. The number of likely N-dealkylation sites (tertiary alicyclic amines) is 1. The normalized spacial score (nSPS) is 18.1. The molecule has 0 atom stereocenters. The summed E-state index contributed by atoms with van der Waals surface area (Å²) in [5.74, 6) is 2.11. The van der Waals surface area contributed by atoms with Crippen LogP contribution in [-0.4, -0.2) is 36.4 Å². The van der Waals surface area contributed by atoms with Gasteiger partial charge in [0.25, 0.3) is 0 Å². The monoisotopic (exact) mass is 384 g/mol. The second-order valence-electron chi connectivity index (χ2n) is 8.10. The van der Waals surface area contributed by atoms with Gasteiger partial charge in [-0.05, 0) is 43.2 Å². The summed E-state index contributed by atoms with van der Waals surface area (Å²) in [7, 11) is 0. The minimum atomic E-state index is 0.274. The van der Waals surface area contributed by atoms with Gasteiger partial charge in [-0.1, -0.05) is 49.9 Å². The van der Waals surface area contributed by atoms with Crippen LogP contribution in [-0.2, 0) is 17.9 Å². The lowest BCUT2D eigenvalue weighted by atomic mass is 10.0. The molecule has 5 nitrogen and oxygen atoms in total. The van der Waals surface area contributed by atoms with Gasteiger partial charge in [0, 0.05) is 32.6 Å². The third kappa shape index (κ3) is 6.25. The first-order chi connectivity index (χ1) is 13.8. The first-order valence-electron chi connectivity index (χ1n) is 11.1. The summed E-state index contributed by atoms with van der Waals surface area (Å²) < 4.78 is 0. The maximum Gasteiger partial charge on any atom is 0.222 e. The van der Waals surface area contributed by atoms with E-state index in [0.29, 0.717) is 19.5 Å². The number of rotatable bonds is 9. The van der Waals surface area contributed by atoms with Crippen LogP contribution in [0.15, 0.2) is 29.3 Å². The summed E-state index contributed by atoms with van der Waals surface area (Å²) in [6, 6.07) is 8.36. The standard InChI is InChI=1S/C23H36N4O/c1-2-24-23(25-15-7-11-19-9-3-4-10-19)26-17-20-12-5-6-13-21(20)18-27-16-8-14-22(27)28/h5-6,12-13,19H,2-4,7-11,14-18H2,1H3,(H2,24,25,26). The molecule has 1 aliphatic carbocycles. The van der Waals surface area contributed by atoms with E-state index in [1.165, 1.54) is 49.7 Å². The molecule has 2 fully saturated rings. The molecule has 1 aliphatic heterocycles. The van der Waals surface area contributed by atoms with E-state index in [-0.39, 0.29) is 5.91 Å². The summed E-state index contributed by atoms with van der Waals surface area (Å²) >= 11 is 0. The van der Waals surface area contributed by atoms with E-state index in [2.05, 4.69) is 41.8 Å². The van der Waals surface area contributed by atoms with Crippen LogP contribution in [0.25, 0.3) is 0 Å². The number of guanidine groups is 1. The number of nitrogens with zero attached hydrogens (tertiary/aromatic N) is 2. The van der Waals surface area contributed by atoms with Gasteiger partial charge in [0.1, 0.15) is 0 Å². The van der Waals surface area contributed by atoms with Gasteiger partial charge in [-0.3, -0.25) is 4.79 Å². The molecule has 1 aromatic rings. The predicted molar refractivity (Wildman–Crippen MR) is 115 cm³/mol. The molecular formula is C23H36N4O. The molecule has 154 valence electrons. The zero-order chi connectivity index (χ0) is 19.6. The molecule has 2 N–H and O–H groups in total. The second-order valence-corrected chi connectivity index (χ2v) is 8.10. The average molecular weight is 385 g/mol. The molecule has 0 spiro atoms. The van der Waals surface area contributed by atoms with Crippen LogP contribution in [0.1, 0.15) is 69.4 Å². The van der Waals surface area contributed by atoms with Crippen molar-refractivity contribution in [1.82, 2.24) is 15.5 Å². The van der Waals surface area contributed by atoms with Gasteiger partial charge >= 0.3 is 0 Å². The van der Waals surface area contributed by atoms with Crippen molar-refractivity contribution in [2.75, 3.05) is 19.6 Å². The number of nitrogens with one attached hydrogen (secondary N) is 2. The van der Waals surface area contributed by atoms with Crippen molar-refractivity contribution >= 4 is 11.9 Å². The van der Waals surface area contributed by atoms with Crippen molar-refractivity contribution < 1.29 is 4.79 Å². The van der Waals surface area contributed by atoms with Gasteiger partial charge in [-0.25, -0.2) is 4.99 Å². The molecule has 1 heterocycles. The van der Waals surface area contributed by atoms with E-state index in [1.54, 1.807) is 0 Å². The molecular weight excluding hydrogens is 348 g/mol. The molecule has 5 heteroatoms. The highest BCUT2D eigenvalue weighted by Crippen LogP contribution is 2.28. The Kier molecular flexibility index (Phi) is 8.19. The molecule has 2 aliphatic rings. The maximum absolute atomic E-state index is 12.0. The van der Waals surface area contributed by atoms with E-state index in [4.69, 9.17) is 4.99 Å². The summed E-state index contributed by atoms with van der Waals surface area (Å²) in [4.78, 5) is 18.7. The zero-order valence-electron chi connectivity index (χ0n) is 17.4. The number of hydrogen-bond acceptors (Lipinski definition) is 2. The lowest BCUT2D eigenvalue weighted by molar-refractivity contribution is -0.128. The molecule has 28 heavy (non-hydrogen) atoms. The molecule has 0 unspecified atom stereocenters. The summed E-state index contributed by atoms with van der Waals surface area (Å²) in [6.07, 6.45) is 9.90. The van der Waals surface area contributed by atoms with E-state index in [0.717, 1.165) is 37.9 Å². The van der Waals surface area contributed by atoms with Gasteiger partial charge in [-0.15, -0.1) is 0 Å². The Bertz CT molecular complexity index is 652. The zero-order valence-corrected chi connectivity index (χ0v) is 17.4. The smallest absolute Gasteiger partial charge is 0.222 e. The van der Waals surface area contributed by atoms with E-state index >= 15 is 0 Å². The van der Waals surface area contributed by atoms with Crippen LogP contribution < -0.4 is 10.6 Å². The van der Waals surface area contributed by atoms with Crippen LogP contribution in [0.3, 0.4) is 0 Å². The quantitative estimate of drug-likeness (QED) is 0.386. The Morgan fingerprint density at radius 1 is 1.14 bits per heavy atom. The Hall–Kier alpha value is -2.04. The number of aliphatic imine (C=N–C) groups is 1. The van der Waals surface area contributed by atoms with Crippen LogP contribution in [0, 0.1) is 5.92 Å². The molecule has 0 aromatic heterocycles. The Balaban J connectivity index is 1.52. The third-order valence-electron chi connectivity index (χ3n) is 5.96. The Morgan fingerprint density at radius 3 is 2.64 bits per heavy atom. The lowest BCUT2D eigenvalue weighted by Gasteiger charge is -2.18. The summed E-state index contributed by atoms with van der Waals surface area (Å²) in [5.41, 5.74) is 2.41. The Morgan fingerprint density at radius 2 is 1.93 bits per heavy atom. The molecule has 0 bridgehead atoms. The van der Waals surface area contributed by atoms with E-state index < -0.39 is 0 Å². The van der Waals surface area contributed by atoms with Gasteiger partial charge < -0.3 is 15.5 Å². The van der Waals surface area contributed by atoms with Crippen molar-refractivity contribution in [3.05, 3.63) is 35.4 Å². The number of carbonyl (C=O) groups is 1. The molecule has 1 saturated heterocycles. The predicted octanol–water partition coefficient (Wildman–Crippen LogP) is 3.83. The minimum absolute atomic E-state index is 0.274. The SMILES string of the molecule is CCNC(=NCc1ccccc1CN1CCCC1=O)NCCCC1CCCC1. The van der Waals surface area contributed by atoms with Crippen LogP contribution in [0.4, 0.5) is 0 Å². The van der Waals surface area contributed by atoms with Crippen LogP contribution in [0.2, 0.25) is 0 Å². The van der Waals surface area contributed by atoms with Crippen LogP contribution in [0.5, 0.6) is 0 Å². The largest absolute Gasteiger partial charge is 0.357 e. The molecule has 1 saturated carbocycles. The molecule has 3 rings (SSSR count). The first-order valence-corrected chi connectivity index (χ1v) is 11.1. The van der Waals surface area contributed by atoms with Crippen molar-refractivity contribution in [3.63, 3.8) is 0 Å². The highest BCUT2D eigenvalue weighted by atomic mass is 16.2. The highest BCUT2D eigenvalue weighted by Gasteiger charge is 2.20.